The molecule has 0 saturated heterocycles. The van der Waals surface area contributed by atoms with Crippen molar-refractivity contribution in [2.24, 2.45) is 0 Å². The molecule has 0 bridgehead atoms. The minimum atomic E-state index is -0.236. The first-order valence-corrected chi connectivity index (χ1v) is 5.66. The third-order valence-corrected chi connectivity index (χ3v) is 2.74. The Morgan fingerprint density at radius 2 is 2.06 bits per heavy atom. The average Bonchev–Trinajstić information content (AvgIpc) is 2.35. The van der Waals surface area contributed by atoms with Crippen LogP contribution in [-0.2, 0) is 12.8 Å². The van der Waals surface area contributed by atoms with E-state index in [9.17, 15) is 4.39 Å². The number of nitrogens with zero attached hydrogens (tertiary/aromatic N) is 1. The number of pyridine rings is 1. The Morgan fingerprint density at radius 1 is 1.24 bits per heavy atom. The summed E-state index contributed by atoms with van der Waals surface area (Å²) in [5, 5.41) is 0. The second kappa shape index (κ2) is 4.95. The number of halogens is 1. The van der Waals surface area contributed by atoms with Crippen molar-refractivity contribution < 1.29 is 4.39 Å². The first kappa shape index (κ1) is 11.6. The number of benzene rings is 1. The van der Waals surface area contributed by atoms with Gasteiger partial charge in [-0.25, -0.2) is 4.39 Å². The summed E-state index contributed by atoms with van der Waals surface area (Å²) in [5.41, 5.74) is 8.84. The van der Waals surface area contributed by atoms with Crippen molar-refractivity contribution in [2.45, 2.75) is 19.8 Å². The average molecular weight is 230 g/mol. The van der Waals surface area contributed by atoms with E-state index in [0.29, 0.717) is 17.7 Å². The van der Waals surface area contributed by atoms with E-state index >= 15 is 0 Å². The zero-order valence-electron chi connectivity index (χ0n) is 9.78. The molecule has 0 saturated carbocycles. The normalized spacial score (nSPS) is 10.5. The number of aromatic nitrogens is 1. The quantitative estimate of drug-likeness (QED) is 0.823. The van der Waals surface area contributed by atoms with Crippen LogP contribution in [0.3, 0.4) is 0 Å². The van der Waals surface area contributed by atoms with Crippen LogP contribution in [0.4, 0.5) is 10.1 Å². The molecule has 0 unspecified atom stereocenters. The lowest BCUT2D eigenvalue weighted by atomic mass is 10.1. The first-order valence-electron chi connectivity index (χ1n) is 5.66. The monoisotopic (exact) mass is 230 g/mol. The third-order valence-electron chi connectivity index (χ3n) is 2.74. The predicted octanol–water partition coefficient (Wildman–Crippen LogP) is 2.96. The lowest BCUT2D eigenvalue weighted by Crippen LogP contribution is -1.97. The van der Waals surface area contributed by atoms with Crippen LogP contribution in [0.15, 0.2) is 36.5 Å². The summed E-state index contributed by atoms with van der Waals surface area (Å²) in [7, 11) is 0. The van der Waals surface area contributed by atoms with Gasteiger partial charge in [0, 0.05) is 24.0 Å². The summed E-state index contributed by atoms with van der Waals surface area (Å²) < 4.78 is 13.5. The van der Waals surface area contributed by atoms with Crippen LogP contribution in [0.25, 0.3) is 0 Å². The standard InChI is InChI=1S/C14H15FN2/c1-2-10-3-5-13(17-9-10)8-11-7-12(16)4-6-14(11)15/h3-7,9H,2,8,16H2,1H3. The van der Waals surface area contributed by atoms with E-state index in [2.05, 4.69) is 11.9 Å². The van der Waals surface area contributed by atoms with Gasteiger partial charge in [-0.3, -0.25) is 4.98 Å². The molecular weight excluding hydrogens is 215 g/mol. The minimum absolute atomic E-state index is 0.236. The molecule has 1 aromatic carbocycles. The number of anilines is 1. The molecule has 1 aromatic heterocycles. The number of hydrogen-bond acceptors (Lipinski definition) is 2. The number of aryl methyl sites for hydroxylation is 1. The summed E-state index contributed by atoms with van der Waals surface area (Å²) in [5.74, 6) is -0.236. The van der Waals surface area contributed by atoms with Crippen molar-refractivity contribution in [3.63, 3.8) is 0 Å². The zero-order valence-corrected chi connectivity index (χ0v) is 9.78. The number of nitrogen functional groups attached to an aromatic ring is 1. The van der Waals surface area contributed by atoms with Crippen molar-refractivity contribution in [3.8, 4) is 0 Å². The second-order valence-electron chi connectivity index (χ2n) is 4.04. The number of rotatable bonds is 3. The Hall–Kier alpha value is -1.90. The van der Waals surface area contributed by atoms with Gasteiger partial charge in [-0.1, -0.05) is 13.0 Å². The van der Waals surface area contributed by atoms with Gasteiger partial charge >= 0.3 is 0 Å². The highest BCUT2D eigenvalue weighted by Gasteiger charge is 2.04. The van der Waals surface area contributed by atoms with Gasteiger partial charge in [-0.15, -0.1) is 0 Å². The van der Waals surface area contributed by atoms with E-state index in [0.717, 1.165) is 12.1 Å². The molecule has 0 aliphatic carbocycles. The van der Waals surface area contributed by atoms with E-state index in [4.69, 9.17) is 5.73 Å². The van der Waals surface area contributed by atoms with Crippen LogP contribution in [0.5, 0.6) is 0 Å². The Labute approximate surface area is 100 Å². The topological polar surface area (TPSA) is 38.9 Å². The Kier molecular flexibility index (Phi) is 3.38. The smallest absolute Gasteiger partial charge is 0.126 e. The Morgan fingerprint density at radius 3 is 2.71 bits per heavy atom. The molecule has 0 aliphatic rings. The van der Waals surface area contributed by atoms with Gasteiger partial charge in [0.2, 0.25) is 0 Å². The van der Waals surface area contributed by atoms with Crippen LogP contribution in [0, 0.1) is 5.82 Å². The largest absolute Gasteiger partial charge is 0.399 e. The summed E-state index contributed by atoms with van der Waals surface area (Å²) in [4.78, 5) is 4.31. The van der Waals surface area contributed by atoms with Crippen LogP contribution >= 0.6 is 0 Å². The molecule has 0 atom stereocenters. The van der Waals surface area contributed by atoms with Crippen molar-refractivity contribution >= 4 is 5.69 Å². The van der Waals surface area contributed by atoms with E-state index < -0.39 is 0 Å². The SMILES string of the molecule is CCc1ccc(Cc2cc(N)ccc2F)nc1. The predicted molar refractivity (Wildman–Crippen MR) is 67.2 cm³/mol. The molecule has 2 rings (SSSR count). The Bertz CT molecular complexity index is 506. The van der Waals surface area contributed by atoms with Crippen LogP contribution < -0.4 is 5.73 Å². The van der Waals surface area contributed by atoms with Gasteiger partial charge in [0.05, 0.1) is 0 Å². The first-order chi connectivity index (χ1) is 8.19. The maximum Gasteiger partial charge on any atom is 0.126 e. The fourth-order valence-corrected chi connectivity index (χ4v) is 1.69. The molecule has 2 N–H and O–H groups in total. The van der Waals surface area contributed by atoms with Gasteiger partial charge in [-0.2, -0.15) is 0 Å². The van der Waals surface area contributed by atoms with Crippen molar-refractivity contribution in [1.29, 1.82) is 0 Å². The molecule has 1 heterocycles. The molecule has 2 aromatic rings. The third kappa shape index (κ3) is 2.81. The molecule has 2 nitrogen and oxygen atoms in total. The second-order valence-corrected chi connectivity index (χ2v) is 4.04. The lowest BCUT2D eigenvalue weighted by Gasteiger charge is -2.05. The molecule has 0 radical (unpaired) electrons. The summed E-state index contributed by atoms with van der Waals surface area (Å²) in [6, 6.07) is 8.57. The van der Waals surface area contributed by atoms with Gasteiger partial charge in [-0.05, 0) is 41.8 Å². The van der Waals surface area contributed by atoms with Gasteiger partial charge < -0.3 is 5.73 Å². The molecule has 3 heteroatoms. The van der Waals surface area contributed by atoms with Crippen molar-refractivity contribution in [1.82, 2.24) is 4.98 Å². The fourth-order valence-electron chi connectivity index (χ4n) is 1.69. The summed E-state index contributed by atoms with van der Waals surface area (Å²) in [6.45, 7) is 2.08. The molecule has 0 aliphatic heterocycles. The molecule has 0 amide bonds. The zero-order chi connectivity index (χ0) is 12.3. The highest BCUT2D eigenvalue weighted by atomic mass is 19.1. The molecular formula is C14H15FN2. The van der Waals surface area contributed by atoms with Crippen LogP contribution in [0.2, 0.25) is 0 Å². The molecule has 0 spiro atoms. The van der Waals surface area contributed by atoms with Crippen LogP contribution in [-0.4, -0.2) is 4.98 Å². The maximum absolute atomic E-state index is 13.5. The highest BCUT2D eigenvalue weighted by molar-refractivity contribution is 5.42. The van der Waals surface area contributed by atoms with E-state index in [-0.39, 0.29) is 5.82 Å². The lowest BCUT2D eigenvalue weighted by molar-refractivity contribution is 0.613. The number of nitrogens with two attached hydrogens (primary N) is 1. The highest BCUT2D eigenvalue weighted by Crippen LogP contribution is 2.15. The fraction of sp³-hybridized carbons (Fsp3) is 0.214. The van der Waals surface area contributed by atoms with Gasteiger partial charge in [0.15, 0.2) is 0 Å². The molecule has 88 valence electrons. The maximum atomic E-state index is 13.5. The molecule has 0 fully saturated rings. The van der Waals surface area contributed by atoms with Crippen molar-refractivity contribution in [2.75, 3.05) is 5.73 Å². The van der Waals surface area contributed by atoms with Crippen molar-refractivity contribution in [3.05, 3.63) is 59.2 Å². The van der Waals surface area contributed by atoms with Gasteiger partial charge in [0.25, 0.3) is 0 Å². The minimum Gasteiger partial charge on any atom is -0.399 e. The molecule has 17 heavy (non-hydrogen) atoms. The van der Waals surface area contributed by atoms with Crippen LogP contribution in [0.1, 0.15) is 23.7 Å². The Balaban J connectivity index is 2.22. The van der Waals surface area contributed by atoms with Gasteiger partial charge in [0.1, 0.15) is 5.82 Å². The summed E-state index contributed by atoms with van der Waals surface area (Å²) in [6.07, 6.45) is 3.26. The summed E-state index contributed by atoms with van der Waals surface area (Å²) >= 11 is 0. The number of hydrogen-bond donors (Lipinski definition) is 1. The van der Waals surface area contributed by atoms with E-state index in [1.807, 2.05) is 18.3 Å². The van der Waals surface area contributed by atoms with E-state index in [1.54, 1.807) is 12.1 Å². The van der Waals surface area contributed by atoms with E-state index in [1.165, 1.54) is 11.6 Å².